The van der Waals surface area contributed by atoms with E-state index in [9.17, 15) is 0 Å². The van der Waals surface area contributed by atoms with E-state index in [4.69, 9.17) is 0 Å². The lowest BCUT2D eigenvalue weighted by atomic mass is 10.4. The summed E-state index contributed by atoms with van der Waals surface area (Å²) in [6, 6.07) is 0. The van der Waals surface area contributed by atoms with E-state index in [1.54, 1.807) is 0 Å². The molecular weight excluding hydrogens is 192 g/mol. The van der Waals surface area contributed by atoms with Gasteiger partial charge in [0.15, 0.2) is 0 Å². The second-order valence-corrected chi connectivity index (χ2v) is 2.77. The number of rotatable bonds is 3. The van der Waals surface area contributed by atoms with Crippen LogP contribution in [0.3, 0.4) is 0 Å². The summed E-state index contributed by atoms with van der Waals surface area (Å²) in [5, 5.41) is 0.896. The van der Waals surface area contributed by atoms with Crippen LogP contribution >= 0.6 is 15.9 Å². The van der Waals surface area contributed by atoms with Gasteiger partial charge in [0.2, 0.25) is 0 Å². The number of aromatic nitrogens is 2. The molecule has 0 N–H and O–H groups in total. The standard InChI is InChI=1S/C7H11BrN2/c1-2-3-10-6-9-5-7(10)4-8/h5-6H,2-4H2,1H3. The molecule has 0 aliphatic rings. The van der Waals surface area contributed by atoms with Crippen molar-refractivity contribution in [1.29, 1.82) is 0 Å². The molecule has 0 amide bonds. The van der Waals surface area contributed by atoms with Crippen LogP contribution in [0.5, 0.6) is 0 Å². The molecule has 0 radical (unpaired) electrons. The van der Waals surface area contributed by atoms with Crippen molar-refractivity contribution >= 4 is 15.9 Å². The van der Waals surface area contributed by atoms with E-state index >= 15 is 0 Å². The van der Waals surface area contributed by atoms with Gasteiger partial charge in [-0.15, -0.1) is 0 Å². The van der Waals surface area contributed by atoms with E-state index in [-0.39, 0.29) is 0 Å². The Morgan fingerprint density at radius 2 is 2.50 bits per heavy atom. The molecule has 2 nitrogen and oxygen atoms in total. The Bertz CT molecular complexity index is 195. The van der Waals surface area contributed by atoms with E-state index in [0.717, 1.165) is 18.3 Å². The molecule has 3 heteroatoms. The third-order valence-electron chi connectivity index (χ3n) is 1.40. The maximum Gasteiger partial charge on any atom is 0.0948 e. The molecule has 0 aliphatic heterocycles. The Morgan fingerprint density at radius 1 is 1.70 bits per heavy atom. The first-order chi connectivity index (χ1) is 4.88. The van der Waals surface area contributed by atoms with Crippen LogP contribution in [0.15, 0.2) is 12.5 Å². The molecule has 0 aromatic carbocycles. The highest BCUT2D eigenvalue weighted by atomic mass is 79.9. The van der Waals surface area contributed by atoms with Crippen molar-refractivity contribution in [2.45, 2.75) is 25.2 Å². The Hall–Kier alpha value is -0.310. The van der Waals surface area contributed by atoms with Crippen LogP contribution in [-0.2, 0) is 11.9 Å². The summed E-state index contributed by atoms with van der Waals surface area (Å²) in [6.07, 6.45) is 4.93. The topological polar surface area (TPSA) is 17.8 Å². The zero-order valence-corrected chi connectivity index (χ0v) is 7.63. The lowest BCUT2D eigenvalue weighted by molar-refractivity contribution is 0.660. The Kier molecular flexibility index (Phi) is 2.93. The molecule has 1 aromatic rings. The molecule has 1 aromatic heterocycles. The zero-order chi connectivity index (χ0) is 7.40. The van der Waals surface area contributed by atoms with Gasteiger partial charge in [-0.05, 0) is 6.42 Å². The normalized spacial score (nSPS) is 10.2. The van der Waals surface area contributed by atoms with Crippen molar-refractivity contribution in [3.63, 3.8) is 0 Å². The average molecular weight is 203 g/mol. The van der Waals surface area contributed by atoms with Gasteiger partial charge in [-0.3, -0.25) is 0 Å². The van der Waals surface area contributed by atoms with E-state index in [1.807, 2.05) is 12.5 Å². The molecule has 1 heterocycles. The van der Waals surface area contributed by atoms with Crippen molar-refractivity contribution in [2.24, 2.45) is 0 Å². The number of aryl methyl sites for hydroxylation is 1. The summed E-state index contributed by atoms with van der Waals surface area (Å²) in [5.74, 6) is 0. The van der Waals surface area contributed by atoms with Gasteiger partial charge in [-0.2, -0.15) is 0 Å². The summed E-state index contributed by atoms with van der Waals surface area (Å²) in [6.45, 7) is 3.24. The fraction of sp³-hybridized carbons (Fsp3) is 0.571. The predicted octanol–water partition coefficient (Wildman–Crippen LogP) is 2.19. The summed E-state index contributed by atoms with van der Waals surface area (Å²) in [4.78, 5) is 4.04. The van der Waals surface area contributed by atoms with Gasteiger partial charge in [-0.25, -0.2) is 4.98 Å². The van der Waals surface area contributed by atoms with Gasteiger partial charge in [0, 0.05) is 23.8 Å². The molecule has 0 bridgehead atoms. The molecule has 0 spiro atoms. The lowest BCUT2D eigenvalue weighted by Crippen LogP contribution is -1.98. The summed E-state index contributed by atoms with van der Waals surface area (Å²) >= 11 is 3.40. The fourth-order valence-electron chi connectivity index (χ4n) is 0.902. The van der Waals surface area contributed by atoms with Gasteiger partial charge >= 0.3 is 0 Å². The number of halogens is 1. The number of alkyl halides is 1. The highest BCUT2D eigenvalue weighted by Gasteiger charge is 1.96. The summed E-state index contributed by atoms with van der Waals surface area (Å²) in [7, 11) is 0. The third-order valence-corrected chi connectivity index (χ3v) is 1.97. The van der Waals surface area contributed by atoms with Crippen LogP contribution in [0.4, 0.5) is 0 Å². The minimum Gasteiger partial charge on any atom is -0.334 e. The average Bonchev–Trinajstić information content (AvgIpc) is 2.36. The molecule has 1 rings (SSSR count). The monoisotopic (exact) mass is 202 g/mol. The second-order valence-electron chi connectivity index (χ2n) is 2.21. The first kappa shape index (κ1) is 7.79. The third kappa shape index (κ3) is 1.59. The van der Waals surface area contributed by atoms with Crippen LogP contribution in [0, 0.1) is 0 Å². The lowest BCUT2D eigenvalue weighted by Gasteiger charge is -2.01. The van der Waals surface area contributed by atoms with Crippen molar-refractivity contribution in [3.8, 4) is 0 Å². The van der Waals surface area contributed by atoms with Crippen molar-refractivity contribution in [1.82, 2.24) is 9.55 Å². The highest BCUT2D eigenvalue weighted by molar-refractivity contribution is 9.08. The first-order valence-electron chi connectivity index (χ1n) is 3.43. The summed E-state index contributed by atoms with van der Waals surface area (Å²) < 4.78 is 2.16. The number of hydrogen-bond donors (Lipinski definition) is 0. The van der Waals surface area contributed by atoms with E-state index < -0.39 is 0 Å². The van der Waals surface area contributed by atoms with Crippen LogP contribution < -0.4 is 0 Å². The number of hydrogen-bond acceptors (Lipinski definition) is 1. The molecule has 0 atom stereocenters. The number of imidazole rings is 1. The van der Waals surface area contributed by atoms with Crippen LogP contribution in [-0.4, -0.2) is 9.55 Å². The Morgan fingerprint density at radius 3 is 3.10 bits per heavy atom. The molecule has 0 saturated carbocycles. The van der Waals surface area contributed by atoms with Gasteiger partial charge < -0.3 is 4.57 Å². The Balaban J connectivity index is 2.70. The quantitative estimate of drug-likeness (QED) is 0.688. The maximum absolute atomic E-state index is 4.04. The van der Waals surface area contributed by atoms with Crippen molar-refractivity contribution in [3.05, 3.63) is 18.2 Å². The zero-order valence-electron chi connectivity index (χ0n) is 6.05. The molecule has 0 saturated heterocycles. The molecule has 0 fully saturated rings. The van der Waals surface area contributed by atoms with Gasteiger partial charge in [0.25, 0.3) is 0 Å². The molecule has 0 aliphatic carbocycles. The van der Waals surface area contributed by atoms with Gasteiger partial charge in [0.05, 0.1) is 6.33 Å². The Labute approximate surface area is 69.4 Å². The smallest absolute Gasteiger partial charge is 0.0948 e. The first-order valence-corrected chi connectivity index (χ1v) is 4.55. The SMILES string of the molecule is CCCn1cncc1CBr. The summed E-state index contributed by atoms with van der Waals surface area (Å²) in [5.41, 5.74) is 1.25. The molecule has 10 heavy (non-hydrogen) atoms. The van der Waals surface area contributed by atoms with Gasteiger partial charge in [0.1, 0.15) is 0 Å². The molecule has 0 unspecified atom stereocenters. The maximum atomic E-state index is 4.04. The van der Waals surface area contributed by atoms with E-state index in [0.29, 0.717) is 0 Å². The van der Waals surface area contributed by atoms with Crippen molar-refractivity contribution in [2.75, 3.05) is 0 Å². The van der Waals surface area contributed by atoms with E-state index in [2.05, 4.69) is 32.4 Å². The van der Waals surface area contributed by atoms with E-state index in [1.165, 1.54) is 5.69 Å². The van der Waals surface area contributed by atoms with Crippen LogP contribution in [0.25, 0.3) is 0 Å². The highest BCUT2D eigenvalue weighted by Crippen LogP contribution is 2.04. The van der Waals surface area contributed by atoms with Crippen LogP contribution in [0.2, 0.25) is 0 Å². The fourth-order valence-corrected chi connectivity index (χ4v) is 1.37. The second kappa shape index (κ2) is 3.76. The molecular formula is C7H11BrN2. The minimum absolute atomic E-state index is 0.896. The van der Waals surface area contributed by atoms with Crippen LogP contribution in [0.1, 0.15) is 19.0 Å². The van der Waals surface area contributed by atoms with Crippen molar-refractivity contribution < 1.29 is 0 Å². The largest absolute Gasteiger partial charge is 0.334 e. The predicted molar refractivity (Wildman–Crippen MR) is 45.1 cm³/mol. The van der Waals surface area contributed by atoms with Gasteiger partial charge in [-0.1, -0.05) is 22.9 Å². The minimum atomic E-state index is 0.896. The number of nitrogens with zero attached hydrogens (tertiary/aromatic N) is 2. The molecule has 56 valence electrons.